The highest BCUT2D eigenvalue weighted by molar-refractivity contribution is 9.10. The summed E-state index contributed by atoms with van der Waals surface area (Å²) in [4.78, 5) is 14.8. The molecule has 0 aliphatic heterocycles. The van der Waals surface area contributed by atoms with E-state index in [-0.39, 0.29) is 5.56 Å². The second-order valence-electron chi connectivity index (χ2n) is 3.97. The molecule has 98 valence electrons. The molecular formula is C14H12BrNO3. The molecule has 1 aromatic heterocycles. The summed E-state index contributed by atoms with van der Waals surface area (Å²) in [5.74, 6) is -0.941. The van der Waals surface area contributed by atoms with Crippen molar-refractivity contribution in [2.75, 3.05) is 0 Å². The molecule has 1 aromatic carbocycles. The fourth-order valence-electron chi connectivity index (χ4n) is 1.56. The number of hydrogen-bond acceptors (Lipinski definition) is 3. The molecule has 0 atom stereocenters. The Kier molecular flexibility index (Phi) is 4.65. The monoisotopic (exact) mass is 321 g/mol. The van der Waals surface area contributed by atoms with Crippen LogP contribution in [-0.2, 0) is 18.0 Å². The standard InChI is InChI=1S/C14H12BrNO3/c15-13-6-11(14(17)18)3-4-12(13)9-19-8-10-2-1-5-16-7-10/h1-7H,8-9H2,(H,17,18). The SMILES string of the molecule is O=C(O)c1ccc(COCc2cccnc2)c(Br)c1. The molecule has 0 aliphatic carbocycles. The molecule has 19 heavy (non-hydrogen) atoms. The highest BCUT2D eigenvalue weighted by Gasteiger charge is 2.06. The van der Waals surface area contributed by atoms with Gasteiger partial charge in [0, 0.05) is 16.9 Å². The predicted octanol–water partition coefficient (Wildman–Crippen LogP) is 3.26. The topological polar surface area (TPSA) is 59.4 Å². The van der Waals surface area contributed by atoms with Gasteiger partial charge in [-0.05, 0) is 29.3 Å². The van der Waals surface area contributed by atoms with Gasteiger partial charge in [-0.3, -0.25) is 4.98 Å². The molecule has 0 unspecified atom stereocenters. The lowest BCUT2D eigenvalue weighted by molar-refractivity contribution is 0.0696. The summed E-state index contributed by atoms with van der Waals surface area (Å²) >= 11 is 3.35. The lowest BCUT2D eigenvalue weighted by atomic mass is 10.1. The largest absolute Gasteiger partial charge is 0.478 e. The number of benzene rings is 1. The first kappa shape index (κ1) is 13.7. The number of aromatic nitrogens is 1. The highest BCUT2D eigenvalue weighted by Crippen LogP contribution is 2.20. The van der Waals surface area contributed by atoms with E-state index in [1.165, 1.54) is 0 Å². The van der Waals surface area contributed by atoms with Gasteiger partial charge in [-0.25, -0.2) is 4.79 Å². The van der Waals surface area contributed by atoms with Crippen LogP contribution < -0.4 is 0 Å². The van der Waals surface area contributed by atoms with Crippen LogP contribution in [0.15, 0.2) is 47.2 Å². The highest BCUT2D eigenvalue weighted by atomic mass is 79.9. The molecule has 0 spiro atoms. The number of aromatic carboxylic acids is 1. The van der Waals surface area contributed by atoms with Crippen LogP contribution in [0.2, 0.25) is 0 Å². The Hall–Kier alpha value is -1.72. The average Bonchev–Trinajstić information content (AvgIpc) is 2.41. The summed E-state index contributed by atoms with van der Waals surface area (Å²) < 4.78 is 6.30. The first-order valence-corrected chi connectivity index (χ1v) is 6.44. The summed E-state index contributed by atoms with van der Waals surface area (Å²) in [7, 11) is 0. The molecule has 0 saturated carbocycles. The van der Waals surface area contributed by atoms with E-state index < -0.39 is 5.97 Å². The summed E-state index contributed by atoms with van der Waals surface area (Å²) in [6.45, 7) is 0.885. The van der Waals surface area contributed by atoms with Crippen LogP contribution in [0.3, 0.4) is 0 Å². The first-order valence-electron chi connectivity index (χ1n) is 5.65. The summed E-state index contributed by atoms with van der Waals surface area (Å²) in [6.07, 6.45) is 3.47. The zero-order valence-corrected chi connectivity index (χ0v) is 11.6. The number of nitrogens with zero attached hydrogens (tertiary/aromatic N) is 1. The minimum Gasteiger partial charge on any atom is -0.478 e. The number of hydrogen-bond donors (Lipinski definition) is 1. The second-order valence-corrected chi connectivity index (χ2v) is 4.82. The number of carboxylic acids is 1. The molecule has 0 fully saturated rings. The Balaban J connectivity index is 1.95. The van der Waals surface area contributed by atoms with Crippen molar-refractivity contribution in [1.82, 2.24) is 4.98 Å². The van der Waals surface area contributed by atoms with Crippen molar-refractivity contribution in [3.63, 3.8) is 0 Å². The molecule has 5 heteroatoms. The van der Waals surface area contributed by atoms with E-state index in [1.54, 1.807) is 30.6 Å². The van der Waals surface area contributed by atoms with E-state index in [1.807, 2.05) is 12.1 Å². The first-order chi connectivity index (χ1) is 9.16. The van der Waals surface area contributed by atoms with E-state index in [0.29, 0.717) is 13.2 Å². The van der Waals surface area contributed by atoms with E-state index in [4.69, 9.17) is 9.84 Å². The maximum atomic E-state index is 10.8. The van der Waals surface area contributed by atoms with Gasteiger partial charge in [-0.2, -0.15) is 0 Å². The molecule has 0 aliphatic rings. The minimum absolute atomic E-state index is 0.253. The molecule has 0 radical (unpaired) electrons. The van der Waals surface area contributed by atoms with Crippen molar-refractivity contribution in [1.29, 1.82) is 0 Å². The van der Waals surface area contributed by atoms with Crippen LogP contribution in [0.25, 0.3) is 0 Å². The molecule has 0 bridgehead atoms. The van der Waals surface area contributed by atoms with Crippen LogP contribution in [0.5, 0.6) is 0 Å². The van der Waals surface area contributed by atoms with Gasteiger partial charge in [0.1, 0.15) is 0 Å². The van der Waals surface area contributed by atoms with Gasteiger partial charge in [0.2, 0.25) is 0 Å². The number of carbonyl (C=O) groups is 1. The van der Waals surface area contributed by atoms with Gasteiger partial charge in [0.15, 0.2) is 0 Å². The third kappa shape index (κ3) is 3.87. The Morgan fingerprint density at radius 3 is 2.79 bits per heavy atom. The van der Waals surface area contributed by atoms with Crippen molar-refractivity contribution in [3.8, 4) is 0 Å². The molecule has 0 amide bonds. The van der Waals surface area contributed by atoms with E-state index in [9.17, 15) is 4.79 Å². The molecule has 1 N–H and O–H groups in total. The van der Waals surface area contributed by atoms with Crippen molar-refractivity contribution < 1.29 is 14.6 Å². The Morgan fingerprint density at radius 1 is 1.32 bits per heavy atom. The molecule has 4 nitrogen and oxygen atoms in total. The lowest BCUT2D eigenvalue weighted by Gasteiger charge is -2.07. The average molecular weight is 322 g/mol. The number of rotatable bonds is 5. The van der Waals surface area contributed by atoms with Crippen molar-refractivity contribution in [2.24, 2.45) is 0 Å². The van der Waals surface area contributed by atoms with Gasteiger partial charge < -0.3 is 9.84 Å². The van der Waals surface area contributed by atoms with Gasteiger partial charge >= 0.3 is 5.97 Å². The third-order valence-electron chi connectivity index (χ3n) is 2.55. The predicted molar refractivity (Wildman–Crippen MR) is 73.8 cm³/mol. The summed E-state index contributed by atoms with van der Waals surface area (Å²) in [5, 5.41) is 8.87. The Labute approximate surface area is 119 Å². The maximum Gasteiger partial charge on any atom is 0.335 e. The van der Waals surface area contributed by atoms with E-state index in [0.717, 1.165) is 15.6 Å². The quantitative estimate of drug-likeness (QED) is 0.918. The third-order valence-corrected chi connectivity index (χ3v) is 3.29. The van der Waals surface area contributed by atoms with Crippen LogP contribution in [0.4, 0.5) is 0 Å². The van der Waals surface area contributed by atoms with Gasteiger partial charge in [-0.15, -0.1) is 0 Å². The summed E-state index contributed by atoms with van der Waals surface area (Å²) in [6, 6.07) is 8.68. The zero-order chi connectivity index (χ0) is 13.7. The van der Waals surface area contributed by atoms with Crippen molar-refractivity contribution in [2.45, 2.75) is 13.2 Å². The molecule has 2 rings (SSSR count). The Morgan fingerprint density at radius 2 is 2.16 bits per heavy atom. The lowest BCUT2D eigenvalue weighted by Crippen LogP contribution is -1.99. The molecule has 1 heterocycles. The van der Waals surface area contributed by atoms with E-state index >= 15 is 0 Å². The van der Waals surface area contributed by atoms with Gasteiger partial charge in [0.05, 0.1) is 18.8 Å². The fraction of sp³-hybridized carbons (Fsp3) is 0.143. The number of halogens is 1. The fourth-order valence-corrected chi connectivity index (χ4v) is 2.05. The smallest absolute Gasteiger partial charge is 0.335 e. The molecular weight excluding hydrogens is 310 g/mol. The van der Waals surface area contributed by atoms with Crippen molar-refractivity contribution in [3.05, 3.63) is 63.9 Å². The maximum absolute atomic E-state index is 10.8. The van der Waals surface area contributed by atoms with Gasteiger partial charge in [0.25, 0.3) is 0 Å². The van der Waals surface area contributed by atoms with Crippen LogP contribution >= 0.6 is 15.9 Å². The van der Waals surface area contributed by atoms with E-state index in [2.05, 4.69) is 20.9 Å². The molecule has 0 saturated heterocycles. The number of carboxylic acid groups (broad SMARTS) is 1. The number of ether oxygens (including phenoxy) is 1. The molecule has 2 aromatic rings. The van der Waals surface area contributed by atoms with Gasteiger partial charge in [-0.1, -0.05) is 28.1 Å². The normalized spacial score (nSPS) is 10.4. The van der Waals surface area contributed by atoms with Crippen LogP contribution in [-0.4, -0.2) is 16.1 Å². The minimum atomic E-state index is -0.941. The van der Waals surface area contributed by atoms with Crippen LogP contribution in [0, 0.1) is 0 Å². The Bertz CT molecular complexity index is 572. The summed E-state index contributed by atoms with van der Waals surface area (Å²) in [5.41, 5.74) is 2.16. The van der Waals surface area contributed by atoms with Crippen molar-refractivity contribution >= 4 is 21.9 Å². The number of pyridine rings is 1. The van der Waals surface area contributed by atoms with Crippen LogP contribution in [0.1, 0.15) is 21.5 Å². The second kappa shape index (κ2) is 6.45. The zero-order valence-electron chi connectivity index (χ0n) is 10.0.